The second-order valence-electron chi connectivity index (χ2n) is 7.36. The summed E-state index contributed by atoms with van der Waals surface area (Å²) in [6.45, 7) is 5.09. The molecular formula is C22H23ClN6O4. The lowest BCUT2D eigenvalue weighted by atomic mass is 10.1. The molecule has 10 nitrogen and oxygen atoms in total. The number of anilines is 1. The summed E-state index contributed by atoms with van der Waals surface area (Å²) < 4.78 is 11.1. The molecule has 11 heteroatoms. The third-order valence-electron chi connectivity index (χ3n) is 5.09. The van der Waals surface area contributed by atoms with Crippen LogP contribution in [0.15, 0.2) is 48.8 Å². The minimum Gasteiger partial charge on any atom is -0.489 e. The number of nitrogens with zero attached hydrogens (tertiary/aromatic N) is 5. The van der Waals surface area contributed by atoms with Gasteiger partial charge < -0.3 is 14.8 Å². The molecule has 1 saturated heterocycles. The van der Waals surface area contributed by atoms with Gasteiger partial charge in [0.25, 0.3) is 0 Å². The van der Waals surface area contributed by atoms with Gasteiger partial charge >= 0.3 is 5.69 Å². The lowest BCUT2D eigenvalue weighted by Crippen LogP contribution is -2.38. The summed E-state index contributed by atoms with van der Waals surface area (Å²) in [6, 6.07) is 10.3. The van der Waals surface area contributed by atoms with Crippen molar-refractivity contribution in [3.05, 3.63) is 69.6 Å². The van der Waals surface area contributed by atoms with Crippen molar-refractivity contribution in [2.45, 2.75) is 6.54 Å². The van der Waals surface area contributed by atoms with Crippen LogP contribution < -0.4 is 10.1 Å². The van der Waals surface area contributed by atoms with E-state index in [1.165, 1.54) is 12.1 Å². The summed E-state index contributed by atoms with van der Waals surface area (Å²) in [7, 11) is 0. The number of hydrogen-bond donors (Lipinski definition) is 1. The number of benzene rings is 1. The fourth-order valence-electron chi connectivity index (χ4n) is 3.37. The topological polar surface area (TPSA) is 116 Å². The number of nitro groups is 1. The molecule has 0 amide bonds. The Morgan fingerprint density at radius 3 is 2.73 bits per heavy atom. The standard InChI is InChI=1S/C22H23ClN6O4/c23-20-5-4-19(29(30)31)22(27-20)24-13-16-2-1-3-17(12-16)21-25-14-18(15-26-21)33-11-8-28-6-9-32-10-7-28/h1-5,12,14-15H,6-11,13H2,(H,24,27). The molecule has 4 rings (SSSR count). The third-order valence-corrected chi connectivity index (χ3v) is 5.30. The maximum absolute atomic E-state index is 11.2. The Bertz CT molecular complexity index is 1090. The van der Waals surface area contributed by atoms with Gasteiger partial charge in [0, 0.05) is 37.8 Å². The second kappa shape index (κ2) is 11.0. The summed E-state index contributed by atoms with van der Waals surface area (Å²) in [5.74, 6) is 1.29. The smallest absolute Gasteiger partial charge is 0.311 e. The summed E-state index contributed by atoms with van der Waals surface area (Å²) >= 11 is 5.88. The summed E-state index contributed by atoms with van der Waals surface area (Å²) in [5, 5.41) is 14.4. The van der Waals surface area contributed by atoms with E-state index in [-0.39, 0.29) is 16.7 Å². The summed E-state index contributed by atoms with van der Waals surface area (Å²) in [4.78, 5) is 25.8. The van der Waals surface area contributed by atoms with Crippen LogP contribution in [-0.4, -0.2) is 64.2 Å². The number of hydrogen-bond acceptors (Lipinski definition) is 9. The first-order chi connectivity index (χ1) is 16.1. The van der Waals surface area contributed by atoms with Crippen LogP contribution in [-0.2, 0) is 11.3 Å². The van der Waals surface area contributed by atoms with Crippen LogP contribution in [0.25, 0.3) is 11.4 Å². The number of ether oxygens (including phenoxy) is 2. The molecule has 3 heterocycles. The average Bonchev–Trinajstić information content (AvgIpc) is 2.84. The van der Waals surface area contributed by atoms with Gasteiger partial charge in [0.15, 0.2) is 11.6 Å². The second-order valence-corrected chi connectivity index (χ2v) is 7.74. The van der Waals surface area contributed by atoms with Crippen LogP contribution >= 0.6 is 11.6 Å². The van der Waals surface area contributed by atoms with E-state index in [2.05, 4.69) is 25.2 Å². The number of halogens is 1. The zero-order valence-electron chi connectivity index (χ0n) is 17.8. The Hall–Kier alpha value is -3.34. The zero-order chi connectivity index (χ0) is 23.0. The van der Waals surface area contributed by atoms with Crippen molar-refractivity contribution >= 4 is 23.1 Å². The van der Waals surface area contributed by atoms with Crippen molar-refractivity contribution in [1.82, 2.24) is 19.9 Å². The summed E-state index contributed by atoms with van der Waals surface area (Å²) in [5.41, 5.74) is 1.57. The lowest BCUT2D eigenvalue weighted by Gasteiger charge is -2.26. The predicted octanol–water partition coefficient (Wildman–Crippen LogP) is 3.42. The van der Waals surface area contributed by atoms with Gasteiger partial charge in [-0.3, -0.25) is 15.0 Å². The number of rotatable bonds is 9. The number of morpholine rings is 1. The van der Waals surface area contributed by atoms with Gasteiger partial charge in [0.1, 0.15) is 11.8 Å². The van der Waals surface area contributed by atoms with Crippen LogP contribution in [0.2, 0.25) is 5.15 Å². The molecule has 3 aromatic rings. The Kier molecular flexibility index (Phi) is 7.61. The fourth-order valence-corrected chi connectivity index (χ4v) is 3.52. The van der Waals surface area contributed by atoms with Crippen molar-refractivity contribution in [2.75, 3.05) is 44.8 Å². The van der Waals surface area contributed by atoms with E-state index in [1.807, 2.05) is 24.3 Å². The highest BCUT2D eigenvalue weighted by Crippen LogP contribution is 2.25. The van der Waals surface area contributed by atoms with Gasteiger partial charge in [0.2, 0.25) is 5.82 Å². The van der Waals surface area contributed by atoms with Gasteiger partial charge in [-0.15, -0.1) is 0 Å². The molecular weight excluding hydrogens is 448 g/mol. The van der Waals surface area contributed by atoms with Crippen LogP contribution in [0.3, 0.4) is 0 Å². The Balaban J connectivity index is 1.35. The minimum absolute atomic E-state index is 0.118. The third kappa shape index (κ3) is 6.35. The van der Waals surface area contributed by atoms with Gasteiger partial charge in [-0.05, 0) is 17.7 Å². The lowest BCUT2D eigenvalue weighted by molar-refractivity contribution is -0.384. The molecule has 0 spiro atoms. The highest BCUT2D eigenvalue weighted by atomic mass is 35.5. The van der Waals surface area contributed by atoms with Gasteiger partial charge in [-0.2, -0.15) is 0 Å². The molecule has 0 bridgehead atoms. The molecule has 0 unspecified atom stereocenters. The molecule has 1 aliphatic rings. The van der Waals surface area contributed by atoms with Crippen LogP contribution in [0.4, 0.5) is 11.5 Å². The monoisotopic (exact) mass is 470 g/mol. The quantitative estimate of drug-likeness (QED) is 0.285. The Morgan fingerprint density at radius 1 is 1.18 bits per heavy atom. The molecule has 33 heavy (non-hydrogen) atoms. The molecule has 0 saturated carbocycles. The van der Waals surface area contributed by atoms with Crippen molar-refractivity contribution in [1.29, 1.82) is 0 Å². The van der Waals surface area contributed by atoms with Crippen molar-refractivity contribution < 1.29 is 14.4 Å². The normalized spacial score (nSPS) is 14.1. The minimum atomic E-state index is -0.500. The highest BCUT2D eigenvalue weighted by Gasteiger charge is 2.15. The van der Waals surface area contributed by atoms with E-state index >= 15 is 0 Å². The zero-order valence-corrected chi connectivity index (χ0v) is 18.6. The maximum Gasteiger partial charge on any atom is 0.311 e. The van der Waals surface area contributed by atoms with Gasteiger partial charge in [0.05, 0.1) is 30.5 Å². The van der Waals surface area contributed by atoms with E-state index < -0.39 is 4.92 Å². The highest BCUT2D eigenvalue weighted by molar-refractivity contribution is 6.29. The first-order valence-electron chi connectivity index (χ1n) is 10.5. The van der Waals surface area contributed by atoms with Gasteiger partial charge in [-0.25, -0.2) is 15.0 Å². The van der Waals surface area contributed by atoms with Crippen molar-refractivity contribution in [3.63, 3.8) is 0 Å². The maximum atomic E-state index is 11.2. The molecule has 2 aromatic heterocycles. The van der Waals surface area contributed by atoms with E-state index in [4.69, 9.17) is 21.1 Å². The fraction of sp³-hybridized carbons (Fsp3) is 0.318. The molecule has 1 aromatic carbocycles. The van der Waals surface area contributed by atoms with E-state index in [9.17, 15) is 10.1 Å². The first-order valence-corrected chi connectivity index (χ1v) is 10.9. The van der Waals surface area contributed by atoms with E-state index in [0.717, 1.165) is 44.0 Å². The molecule has 1 fully saturated rings. The van der Waals surface area contributed by atoms with Crippen LogP contribution in [0, 0.1) is 10.1 Å². The van der Waals surface area contributed by atoms with E-state index in [1.54, 1.807) is 12.4 Å². The van der Waals surface area contributed by atoms with Crippen LogP contribution in [0.5, 0.6) is 5.75 Å². The number of nitrogens with one attached hydrogen (secondary N) is 1. The van der Waals surface area contributed by atoms with Gasteiger partial charge in [-0.1, -0.05) is 29.8 Å². The van der Waals surface area contributed by atoms with E-state index in [0.29, 0.717) is 24.7 Å². The Morgan fingerprint density at radius 2 is 1.97 bits per heavy atom. The Labute approximate surface area is 195 Å². The molecule has 172 valence electrons. The first kappa shape index (κ1) is 22.8. The molecule has 0 radical (unpaired) electrons. The molecule has 0 atom stereocenters. The predicted molar refractivity (Wildman–Crippen MR) is 123 cm³/mol. The largest absolute Gasteiger partial charge is 0.489 e. The molecule has 1 N–H and O–H groups in total. The average molecular weight is 471 g/mol. The van der Waals surface area contributed by atoms with Crippen molar-refractivity contribution in [3.8, 4) is 17.1 Å². The summed E-state index contributed by atoms with van der Waals surface area (Å²) in [6.07, 6.45) is 3.32. The number of pyridine rings is 1. The van der Waals surface area contributed by atoms with Crippen molar-refractivity contribution in [2.24, 2.45) is 0 Å². The molecule has 1 aliphatic heterocycles. The van der Waals surface area contributed by atoms with Crippen LogP contribution in [0.1, 0.15) is 5.56 Å². The SMILES string of the molecule is O=[N+]([O-])c1ccc(Cl)nc1NCc1cccc(-c2ncc(OCCN3CCOCC3)cn2)c1. The number of aromatic nitrogens is 3. The molecule has 0 aliphatic carbocycles.